The van der Waals surface area contributed by atoms with E-state index in [4.69, 9.17) is 14.2 Å². The van der Waals surface area contributed by atoms with Gasteiger partial charge in [-0.1, -0.05) is 30.3 Å². The van der Waals surface area contributed by atoms with Crippen LogP contribution in [-0.2, 0) is 11.3 Å². The Kier molecular flexibility index (Phi) is 7.09. The van der Waals surface area contributed by atoms with Gasteiger partial charge in [-0.05, 0) is 60.9 Å². The number of amides is 2. The number of aryl methyl sites for hydroxylation is 1. The molecule has 2 N–H and O–H groups in total. The van der Waals surface area contributed by atoms with E-state index in [0.717, 1.165) is 16.9 Å². The van der Waals surface area contributed by atoms with Gasteiger partial charge in [-0.15, -0.1) is 0 Å². The largest absolute Gasteiger partial charge is 0.494 e. The van der Waals surface area contributed by atoms with Crippen LogP contribution in [0.4, 0.5) is 5.69 Å². The molecule has 33 heavy (non-hydrogen) atoms. The van der Waals surface area contributed by atoms with Crippen LogP contribution in [0.3, 0.4) is 0 Å². The number of benzene rings is 3. The van der Waals surface area contributed by atoms with Gasteiger partial charge < -0.3 is 24.8 Å². The number of para-hydroxylation sites is 1. The van der Waals surface area contributed by atoms with Crippen LogP contribution in [0.5, 0.6) is 17.2 Å². The van der Waals surface area contributed by atoms with Crippen LogP contribution in [0.2, 0.25) is 0 Å². The molecule has 0 atom stereocenters. The van der Waals surface area contributed by atoms with E-state index in [1.165, 1.54) is 0 Å². The Bertz CT molecular complexity index is 1150. The summed E-state index contributed by atoms with van der Waals surface area (Å²) in [4.78, 5) is 25.2. The third-order valence-electron chi connectivity index (χ3n) is 5.14. The van der Waals surface area contributed by atoms with E-state index in [9.17, 15) is 9.59 Å². The summed E-state index contributed by atoms with van der Waals surface area (Å²) in [6.07, 6.45) is 0.858. The third-order valence-corrected chi connectivity index (χ3v) is 5.14. The van der Waals surface area contributed by atoms with Crippen LogP contribution >= 0.6 is 0 Å². The first kappa shape index (κ1) is 22.2. The van der Waals surface area contributed by atoms with E-state index in [1.54, 1.807) is 24.3 Å². The van der Waals surface area contributed by atoms with E-state index >= 15 is 0 Å². The molecule has 1 heterocycles. The van der Waals surface area contributed by atoms with Crippen LogP contribution < -0.4 is 24.8 Å². The Hall–Kier alpha value is -4.00. The molecule has 0 saturated carbocycles. The molecule has 0 aliphatic carbocycles. The normalized spacial score (nSPS) is 11.7. The highest BCUT2D eigenvalue weighted by Gasteiger charge is 2.15. The van der Waals surface area contributed by atoms with Gasteiger partial charge >= 0.3 is 0 Å². The first-order valence-electron chi connectivity index (χ1n) is 10.8. The lowest BCUT2D eigenvalue weighted by Crippen LogP contribution is -2.25. The Morgan fingerprint density at radius 3 is 2.70 bits per heavy atom. The Morgan fingerprint density at radius 1 is 0.970 bits per heavy atom. The van der Waals surface area contributed by atoms with Gasteiger partial charge in [0.25, 0.3) is 5.91 Å². The summed E-state index contributed by atoms with van der Waals surface area (Å²) >= 11 is 0. The number of nitrogens with one attached hydrogen (secondary N) is 2. The summed E-state index contributed by atoms with van der Waals surface area (Å²) in [6, 6.07) is 20.3. The van der Waals surface area contributed by atoms with Crippen molar-refractivity contribution < 1.29 is 23.8 Å². The second kappa shape index (κ2) is 10.5. The summed E-state index contributed by atoms with van der Waals surface area (Å²) in [5, 5.41) is 5.73. The smallest absolute Gasteiger partial charge is 0.253 e. The molecule has 0 saturated heterocycles. The molecule has 0 unspecified atom stereocenters. The van der Waals surface area contributed by atoms with Gasteiger partial charge in [-0.2, -0.15) is 0 Å². The molecule has 2 amide bonds. The molecule has 1 aliphatic rings. The van der Waals surface area contributed by atoms with Crippen molar-refractivity contribution in [3.63, 3.8) is 0 Å². The fourth-order valence-corrected chi connectivity index (χ4v) is 3.46. The monoisotopic (exact) mass is 446 g/mol. The lowest BCUT2D eigenvalue weighted by molar-refractivity contribution is -0.116. The quantitative estimate of drug-likeness (QED) is 0.474. The van der Waals surface area contributed by atoms with E-state index in [-0.39, 0.29) is 18.6 Å². The summed E-state index contributed by atoms with van der Waals surface area (Å²) in [7, 11) is 0. The van der Waals surface area contributed by atoms with Gasteiger partial charge in [-0.3, -0.25) is 9.59 Å². The molecular formula is C26H26N2O5. The van der Waals surface area contributed by atoms with Gasteiger partial charge in [0, 0.05) is 13.0 Å². The molecule has 170 valence electrons. The Balaban J connectivity index is 1.27. The lowest BCUT2D eigenvalue weighted by Gasteiger charge is -2.12. The van der Waals surface area contributed by atoms with Gasteiger partial charge in [0.15, 0.2) is 11.5 Å². The van der Waals surface area contributed by atoms with Gasteiger partial charge in [0.05, 0.1) is 17.9 Å². The zero-order valence-electron chi connectivity index (χ0n) is 18.4. The van der Waals surface area contributed by atoms with Crippen molar-refractivity contribution >= 4 is 17.5 Å². The molecule has 0 radical (unpaired) electrons. The number of carbonyl (C=O) groups is 2. The van der Waals surface area contributed by atoms with Crippen molar-refractivity contribution in [1.82, 2.24) is 5.32 Å². The molecule has 0 aromatic heterocycles. The number of hydrogen-bond acceptors (Lipinski definition) is 5. The first-order valence-corrected chi connectivity index (χ1v) is 10.8. The van der Waals surface area contributed by atoms with Crippen molar-refractivity contribution in [1.29, 1.82) is 0 Å². The predicted molar refractivity (Wildman–Crippen MR) is 125 cm³/mol. The number of anilines is 1. The van der Waals surface area contributed by atoms with E-state index in [1.807, 2.05) is 49.4 Å². The molecule has 3 aromatic carbocycles. The molecular weight excluding hydrogens is 420 g/mol. The van der Waals surface area contributed by atoms with Crippen molar-refractivity contribution in [3.8, 4) is 17.2 Å². The maximum Gasteiger partial charge on any atom is 0.253 e. The number of carbonyl (C=O) groups excluding carboxylic acids is 2. The Labute approximate surface area is 192 Å². The molecule has 4 rings (SSSR count). The minimum absolute atomic E-state index is 0.168. The van der Waals surface area contributed by atoms with Crippen molar-refractivity contribution in [2.75, 3.05) is 18.7 Å². The van der Waals surface area contributed by atoms with Crippen molar-refractivity contribution in [3.05, 3.63) is 83.4 Å². The van der Waals surface area contributed by atoms with Gasteiger partial charge in [-0.25, -0.2) is 0 Å². The highest BCUT2D eigenvalue weighted by molar-refractivity contribution is 6.03. The van der Waals surface area contributed by atoms with Crippen LogP contribution in [0.25, 0.3) is 0 Å². The van der Waals surface area contributed by atoms with Gasteiger partial charge in [0.1, 0.15) is 5.75 Å². The fraction of sp³-hybridized carbons (Fsp3) is 0.231. The summed E-state index contributed by atoms with van der Waals surface area (Å²) in [5.41, 5.74) is 2.90. The summed E-state index contributed by atoms with van der Waals surface area (Å²) < 4.78 is 16.4. The average molecular weight is 447 g/mol. The van der Waals surface area contributed by atoms with Crippen LogP contribution in [-0.4, -0.2) is 25.2 Å². The van der Waals surface area contributed by atoms with Crippen LogP contribution in [0, 0.1) is 6.92 Å². The number of rotatable bonds is 9. The first-order chi connectivity index (χ1) is 16.1. The van der Waals surface area contributed by atoms with Crippen LogP contribution in [0.15, 0.2) is 66.7 Å². The van der Waals surface area contributed by atoms with Crippen LogP contribution in [0.1, 0.15) is 34.3 Å². The van der Waals surface area contributed by atoms with Gasteiger partial charge in [0.2, 0.25) is 12.7 Å². The topological polar surface area (TPSA) is 85.9 Å². The number of hydrogen-bond donors (Lipinski definition) is 2. The standard InChI is InChI=1S/C26H26N2O5/c1-18-6-4-7-20(14-18)31-13-5-10-25(29)28-22-9-3-2-8-21(22)26(30)27-16-19-11-12-23-24(15-19)33-17-32-23/h2-4,6-9,11-12,14-15H,5,10,13,16-17H2,1H3,(H,27,30)(H,28,29). The molecule has 0 spiro atoms. The fourth-order valence-electron chi connectivity index (χ4n) is 3.46. The average Bonchev–Trinajstić information content (AvgIpc) is 3.29. The molecule has 7 heteroatoms. The van der Waals surface area contributed by atoms with E-state index in [2.05, 4.69) is 10.6 Å². The molecule has 7 nitrogen and oxygen atoms in total. The second-order valence-corrected chi connectivity index (χ2v) is 7.73. The second-order valence-electron chi connectivity index (χ2n) is 7.73. The zero-order chi connectivity index (χ0) is 23.0. The minimum Gasteiger partial charge on any atom is -0.494 e. The molecule has 0 fully saturated rings. The van der Waals surface area contributed by atoms with Crippen molar-refractivity contribution in [2.24, 2.45) is 0 Å². The minimum atomic E-state index is -0.272. The third kappa shape index (κ3) is 6.04. The van der Waals surface area contributed by atoms with Crippen molar-refractivity contribution in [2.45, 2.75) is 26.3 Å². The lowest BCUT2D eigenvalue weighted by atomic mass is 10.1. The molecule has 0 bridgehead atoms. The molecule has 1 aliphatic heterocycles. The predicted octanol–water partition coefficient (Wildman–Crippen LogP) is 4.45. The number of fused-ring (bicyclic) bond motifs is 1. The highest BCUT2D eigenvalue weighted by atomic mass is 16.7. The van der Waals surface area contributed by atoms with E-state index in [0.29, 0.717) is 48.7 Å². The number of ether oxygens (including phenoxy) is 3. The zero-order valence-corrected chi connectivity index (χ0v) is 18.4. The summed E-state index contributed by atoms with van der Waals surface area (Å²) in [6.45, 7) is 2.97. The Morgan fingerprint density at radius 2 is 1.82 bits per heavy atom. The SMILES string of the molecule is Cc1cccc(OCCCC(=O)Nc2ccccc2C(=O)NCc2ccc3c(c2)OCO3)c1. The van der Waals surface area contributed by atoms with E-state index < -0.39 is 0 Å². The summed E-state index contributed by atoms with van der Waals surface area (Å²) in [5.74, 6) is 1.72. The maximum absolute atomic E-state index is 12.8. The maximum atomic E-state index is 12.8. The highest BCUT2D eigenvalue weighted by Crippen LogP contribution is 2.32. The molecule has 3 aromatic rings.